The second-order valence-corrected chi connectivity index (χ2v) is 8.09. The molecule has 1 saturated heterocycles. The molecule has 2 aromatic heterocycles. The molecule has 0 bridgehead atoms. The highest BCUT2D eigenvalue weighted by Gasteiger charge is 2.24. The zero-order chi connectivity index (χ0) is 21.1. The lowest BCUT2D eigenvalue weighted by atomic mass is 9.97. The summed E-state index contributed by atoms with van der Waals surface area (Å²) >= 11 is 1.12. The quantitative estimate of drug-likeness (QED) is 0.653. The maximum atomic E-state index is 13.9. The van der Waals surface area contributed by atoms with Crippen molar-refractivity contribution in [3.63, 3.8) is 0 Å². The summed E-state index contributed by atoms with van der Waals surface area (Å²) in [4.78, 5) is 34.9. The number of aromatic nitrogens is 2. The lowest BCUT2D eigenvalue weighted by molar-refractivity contribution is -0.122. The van der Waals surface area contributed by atoms with E-state index in [2.05, 4.69) is 15.3 Å². The number of carbonyl (C=O) groups is 2. The van der Waals surface area contributed by atoms with Gasteiger partial charge in [-0.1, -0.05) is 12.1 Å². The van der Waals surface area contributed by atoms with Gasteiger partial charge < -0.3 is 16.0 Å². The number of amides is 2. The Kier molecular flexibility index (Phi) is 5.71. The Morgan fingerprint density at radius 1 is 1.17 bits per heavy atom. The van der Waals surface area contributed by atoms with E-state index in [0.717, 1.165) is 36.5 Å². The van der Waals surface area contributed by atoms with E-state index in [1.54, 1.807) is 36.5 Å². The van der Waals surface area contributed by atoms with Gasteiger partial charge in [0.2, 0.25) is 5.91 Å². The van der Waals surface area contributed by atoms with Gasteiger partial charge in [-0.2, -0.15) is 0 Å². The second-order valence-electron chi connectivity index (χ2n) is 7.06. The summed E-state index contributed by atoms with van der Waals surface area (Å²) in [6, 6.07) is 9.87. The summed E-state index contributed by atoms with van der Waals surface area (Å²) in [5, 5.41) is 3.22. The van der Waals surface area contributed by atoms with Crippen LogP contribution in [0.25, 0.3) is 10.6 Å². The molecule has 1 fully saturated rings. The predicted molar refractivity (Wildman–Crippen MR) is 114 cm³/mol. The Labute approximate surface area is 176 Å². The minimum Gasteiger partial charge on any atom is -0.369 e. The molecule has 2 amide bonds. The van der Waals surface area contributed by atoms with E-state index in [-0.39, 0.29) is 23.5 Å². The molecule has 1 atom stereocenters. The number of thiazole rings is 1. The monoisotopic (exact) mass is 425 g/mol. The van der Waals surface area contributed by atoms with Gasteiger partial charge in [0.25, 0.3) is 5.91 Å². The first-order valence-electron chi connectivity index (χ1n) is 9.53. The summed E-state index contributed by atoms with van der Waals surface area (Å²) in [5.41, 5.74) is 6.33. The van der Waals surface area contributed by atoms with Crippen LogP contribution in [0.15, 0.2) is 48.8 Å². The number of rotatable bonds is 5. The van der Waals surface area contributed by atoms with Crippen LogP contribution in [0, 0.1) is 11.7 Å². The Hall–Kier alpha value is -3.33. The third kappa shape index (κ3) is 4.30. The van der Waals surface area contributed by atoms with Gasteiger partial charge in [-0.05, 0) is 37.1 Å². The average Bonchev–Trinajstić information content (AvgIpc) is 3.25. The first-order chi connectivity index (χ1) is 14.5. The maximum absolute atomic E-state index is 13.9. The Morgan fingerprint density at radius 2 is 2.00 bits per heavy atom. The lowest BCUT2D eigenvalue weighted by Gasteiger charge is -2.32. The molecule has 9 heteroatoms. The highest BCUT2D eigenvalue weighted by Crippen LogP contribution is 2.28. The largest absolute Gasteiger partial charge is 0.369 e. The molecular formula is C21H20FN5O2S. The second kappa shape index (κ2) is 8.58. The number of primary amides is 1. The first-order valence-corrected chi connectivity index (χ1v) is 10.4. The molecule has 1 aromatic carbocycles. The summed E-state index contributed by atoms with van der Waals surface area (Å²) in [7, 11) is 0. The fraction of sp³-hybridized carbons (Fsp3) is 0.238. The average molecular weight is 425 g/mol. The van der Waals surface area contributed by atoms with Gasteiger partial charge in [0.1, 0.15) is 21.5 Å². The van der Waals surface area contributed by atoms with Crippen molar-refractivity contribution in [3.05, 3.63) is 59.5 Å². The van der Waals surface area contributed by atoms with Crippen molar-refractivity contribution in [1.29, 1.82) is 0 Å². The third-order valence-electron chi connectivity index (χ3n) is 4.99. The first kappa shape index (κ1) is 20.0. The summed E-state index contributed by atoms with van der Waals surface area (Å²) < 4.78 is 13.9. The molecule has 7 nitrogen and oxygen atoms in total. The highest BCUT2D eigenvalue weighted by molar-refractivity contribution is 7.17. The van der Waals surface area contributed by atoms with Crippen LogP contribution in [-0.2, 0) is 4.79 Å². The molecule has 154 valence electrons. The van der Waals surface area contributed by atoms with E-state index >= 15 is 0 Å². The maximum Gasteiger partial charge on any atom is 0.267 e. The zero-order valence-corrected chi connectivity index (χ0v) is 16.9. The number of benzene rings is 1. The van der Waals surface area contributed by atoms with Crippen LogP contribution < -0.4 is 16.0 Å². The number of nitrogens with zero attached hydrogens (tertiary/aromatic N) is 3. The smallest absolute Gasteiger partial charge is 0.267 e. The molecule has 30 heavy (non-hydrogen) atoms. The van der Waals surface area contributed by atoms with Crippen LogP contribution in [0.3, 0.4) is 0 Å². The Bertz CT molecular complexity index is 1070. The van der Waals surface area contributed by atoms with Crippen LogP contribution in [0.4, 0.5) is 15.9 Å². The lowest BCUT2D eigenvalue weighted by Crippen LogP contribution is -2.41. The number of nitrogens with two attached hydrogens (primary N) is 1. The van der Waals surface area contributed by atoms with E-state index < -0.39 is 0 Å². The van der Waals surface area contributed by atoms with Crippen molar-refractivity contribution in [2.24, 2.45) is 11.7 Å². The minimum absolute atomic E-state index is 0.171. The number of piperidine rings is 1. The van der Waals surface area contributed by atoms with Crippen molar-refractivity contribution < 1.29 is 14.0 Å². The zero-order valence-electron chi connectivity index (χ0n) is 16.0. The fourth-order valence-corrected chi connectivity index (χ4v) is 4.23. The Balaban J connectivity index is 1.42. The number of hydrogen-bond acceptors (Lipinski definition) is 6. The molecule has 1 unspecified atom stereocenters. The fourth-order valence-electron chi connectivity index (χ4n) is 3.40. The molecule has 0 saturated carbocycles. The van der Waals surface area contributed by atoms with Crippen LogP contribution in [0.1, 0.15) is 22.5 Å². The molecule has 3 aromatic rings. The van der Waals surface area contributed by atoms with E-state index in [1.165, 1.54) is 12.3 Å². The predicted octanol–water partition coefficient (Wildman–Crippen LogP) is 3.30. The number of pyridine rings is 1. The van der Waals surface area contributed by atoms with Gasteiger partial charge in [0.15, 0.2) is 0 Å². The van der Waals surface area contributed by atoms with Gasteiger partial charge in [0, 0.05) is 18.7 Å². The van der Waals surface area contributed by atoms with Gasteiger partial charge in [-0.3, -0.25) is 9.59 Å². The van der Waals surface area contributed by atoms with Crippen molar-refractivity contribution in [1.82, 2.24) is 9.97 Å². The van der Waals surface area contributed by atoms with E-state index in [0.29, 0.717) is 27.7 Å². The standard InChI is InChI=1S/C21H20FN5O2S/c22-16-6-2-1-5-15(16)21-25-11-17(30-21)20(29)26-14-7-8-18(24-10-14)27-9-3-4-13(12-27)19(23)28/h1-2,5-8,10-11,13H,3-4,9,12H2,(H2,23,28)(H,26,29). The van der Waals surface area contributed by atoms with Crippen molar-refractivity contribution in [2.45, 2.75) is 12.8 Å². The number of nitrogens with one attached hydrogen (secondary N) is 1. The van der Waals surface area contributed by atoms with Crippen LogP contribution in [-0.4, -0.2) is 34.9 Å². The minimum atomic E-state index is -0.380. The molecule has 1 aliphatic heterocycles. The van der Waals surface area contributed by atoms with Gasteiger partial charge in [-0.25, -0.2) is 14.4 Å². The normalized spacial score (nSPS) is 16.3. The molecule has 0 spiro atoms. The number of carbonyl (C=O) groups excluding carboxylic acids is 2. The summed E-state index contributed by atoms with van der Waals surface area (Å²) in [5.74, 6) is -0.442. The van der Waals surface area contributed by atoms with E-state index in [4.69, 9.17) is 5.73 Å². The third-order valence-corrected chi connectivity index (χ3v) is 6.02. The number of halogens is 1. The highest BCUT2D eigenvalue weighted by atomic mass is 32.1. The molecule has 0 aliphatic carbocycles. The molecular weight excluding hydrogens is 405 g/mol. The molecule has 4 rings (SSSR count). The summed E-state index contributed by atoms with van der Waals surface area (Å²) in [6.07, 6.45) is 4.67. The molecule has 0 radical (unpaired) electrons. The van der Waals surface area contributed by atoms with Crippen molar-refractivity contribution in [2.75, 3.05) is 23.3 Å². The van der Waals surface area contributed by atoms with Crippen LogP contribution in [0.2, 0.25) is 0 Å². The van der Waals surface area contributed by atoms with Gasteiger partial charge >= 0.3 is 0 Å². The molecule has 1 aliphatic rings. The number of anilines is 2. The number of hydrogen-bond donors (Lipinski definition) is 2. The van der Waals surface area contributed by atoms with E-state index in [1.807, 2.05) is 4.90 Å². The van der Waals surface area contributed by atoms with Crippen molar-refractivity contribution >= 4 is 34.7 Å². The van der Waals surface area contributed by atoms with E-state index in [9.17, 15) is 14.0 Å². The summed E-state index contributed by atoms with van der Waals surface area (Å²) in [6.45, 7) is 1.36. The molecule has 3 heterocycles. The Morgan fingerprint density at radius 3 is 2.73 bits per heavy atom. The topological polar surface area (TPSA) is 101 Å². The van der Waals surface area contributed by atoms with Crippen LogP contribution in [0.5, 0.6) is 0 Å². The van der Waals surface area contributed by atoms with Crippen molar-refractivity contribution in [3.8, 4) is 10.6 Å². The van der Waals surface area contributed by atoms with Gasteiger partial charge in [-0.15, -0.1) is 11.3 Å². The van der Waals surface area contributed by atoms with Crippen LogP contribution >= 0.6 is 11.3 Å². The molecule has 3 N–H and O–H groups in total. The SMILES string of the molecule is NC(=O)C1CCCN(c2ccc(NC(=O)c3cnc(-c4ccccc4F)s3)cn2)C1. The van der Waals surface area contributed by atoms with Gasteiger partial charge in [0.05, 0.1) is 24.0 Å².